The van der Waals surface area contributed by atoms with E-state index in [1.807, 2.05) is 0 Å². The summed E-state index contributed by atoms with van der Waals surface area (Å²) in [6, 6.07) is 5.31. The van der Waals surface area contributed by atoms with E-state index in [-0.39, 0.29) is 11.4 Å². The van der Waals surface area contributed by atoms with Crippen LogP contribution >= 0.6 is 0 Å². The number of aromatic nitrogens is 1. The number of nitrogens with zero attached hydrogens (tertiary/aromatic N) is 4. The summed E-state index contributed by atoms with van der Waals surface area (Å²) in [6.07, 6.45) is 2.53. The Kier molecular flexibility index (Phi) is 4.48. The monoisotopic (exact) mass is 275 g/mol. The average Bonchev–Trinajstić information content (AvgIpc) is 3.27. The highest BCUT2D eigenvalue weighted by atomic mass is 16.6. The van der Waals surface area contributed by atoms with E-state index >= 15 is 0 Å². The van der Waals surface area contributed by atoms with Gasteiger partial charge in [0.25, 0.3) is 0 Å². The van der Waals surface area contributed by atoms with Crippen molar-refractivity contribution in [3.63, 3.8) is 0 Å². The van der Waals surface area contributed by atoms with E-state index in [2.05, 4.69) is 22.1 Å². The molecule has 0 radical (unpaired) electrons. The largest absolute Gasteiger partial charge is 0.369 e. The summed E-state index contributed by atoms with van der Waals surface area (Å²) in [4.78, 5) is 16.5. The van der Waals surface area contributed by atoms with Crippen molar-refractivity contribution in [1.82, 2.24) is 9.88 Å². The lowest BCUT2D eigenvalue weighted by Gasteiger charge is -2.19. The van der Waals surface area contributed by atoms with E-state index in [1.165, 1.54) is 25.0 Å². The molecular weight excluding hydrogens is 258 g/mol. The maximum absolute atomic E-state index is 10.7. The van der Waals surface area contributed by atoms with Crippen molar-refractivity contribution in [1.29, 1.82) is 5.26 Å². The Morgan fingerprint density at radius 3 is 2.90 bits per heavy atom. The van der Waals surface area contributed by atoms with Crippen molar-refractivity contribution in [2.24, 2.45) is 0 Å². The molecule has 1 aliphatic carbocycles. The zero-order valence-electron chi connectivity index (χ0n) is 11.4. The SMILES string of the molecule is CCN(CCNc1ccc([N+](=O)[O-])c(C#N)n1)C1CC1. The topological polar surface area (TPSA) is 95.1 Å². The molecule has 1 N–H and O–H groups in total. The number of hydrogen-bond acceptors (Lipinski definition) is 6. The minimum Gasteiger partial charge on any atom is -0.369 e. The van der Waals surface area contributed by atoms with Gasteiger partial charge in [-0.25, -0.2) is 4.98 Å². The van der Waals surface area contributed by atoms with Crippen LogP contribution in [0.4, 0.5) is 11.5 Å². The second-order valence-electron chi connectivity index (χ2n) is 4.72. The van der Waals surface area contributed by atoms with Crippen molar-refractivity contribution in [2.45, 2.75) is 25.8 Å². The molecule has 0 saturated heterocycles. The number of anilines is 1. The van der Waals surface area contributed by atoms with Crippen LogP contribution in [-0.4, -0.2) is 40.5 Å². The maximum Gasteiger partial charge on any atom is 0.305 e. The normalized spacial score (nSPS) is 14.1. The van der Waals surface area contributed by atoms with Crippen LogP contribution in [0.1, 0.15) is 25.5 Å². The van der Waals surface area contributed by atoms with E-state index in [1.54, 1.807) is 6.07 Å². The molecule has 20 heavy (non-hydrogen) atoms. The van der Waals surface area contributed by atoms with Crippen molar-refractivity contribution in [3.8, 4) is 6.07 Å². The van der Waals surface area contributed by atoms with Gasteiger partial charge in [0, 0.05) is 25.2 Å². The lowest BCUT2D eigenvalue weighted by molar-refractivity contribution is -0.385. The van der Waals surface area contributed by atoms with E-state index in [0.717, 1.165) is 13.1 Å². The number of hydrogen-bond donors (Lipinski definition) is 1. The van der Waals surface area contributed by atoms with E-state index < -0.39 is 4.92 Å². The highest BCUT2D eigenvalue weighted by Gasteiger charge is 2.27. The van der Waals surface area contributed by atoms with Crippen molar-refractivity contribution >= 4 is 11.5 Å². The number of pyridine rings is 1. The van der Waals surface area contributed by atoms with Gasteiger partial charge in [0.15, 0.2) is 0 Å². The molecule has 0 unspecified atom stereocenters. The predicted octanol–water partition coefficient (Wildman–Crippen LogP) is 1.76. The first-order valence-corrected chi connectivity index (χ1v) is 6.69. The number of nitriles is 1. The van der Waals surface area contributed by atoms with Crippen molar-refractivity contribution in [2.75, 3.05) is 25.0 Å². The Morgan fingerprint density at radius 2 is 2.35 bits per heavy atom. The molecule has 1 fully saturated rings. The van der Waals surface area contributed by atoms with Crippen LogP contribution in [0, 0.1) is 21.4 Å². The minimum atomic E-state index is -0.596. The van der Waals surface area contributed by atoms with Gasteiger partial charge in [-0.05, 0) is 25.5 Å². The third-order valence-electron chi connectivity index (χ3n) is 3.35. The minimum absolute atomic E-state index is 0.158. The average molecular weight is 275 g/mol. The Hall–Kier alpha value is -2.20. The zero-order chi connectivity index (χ0) is 14.5. The molecule has 2 rings (SSSR count). The molecule has 1 aliphatic rings. The van der Waals surface area contributed by atoms with Gasteiger partial charge in [-0.3, -0.25) is 15.0 Å². The van der Waals surface area contributed by atoms with Crippen LogP contribution in [0.2, 0.25) is 0 Å². The number of likely N-dealkylation sites (N-methyl/N-ethyl adjacent to an activating group) is 1. The zero-order valence-corrected chi connectivity index (χ0v) is 11.4. The van der Waals surface area contributed by atoms with Crippen molar-refractivity contribution < 1.29 is 4.92 Å². The summed E-state index contributed by atoms with van der Waals surface area (Å²) in [5.41, 5.74) is -0.416. The van der Waals surface area contributed by atoms with E-state index in [0.29, 0.717) is 18.4 Å². The fourth-order valence-corrected chi connectivity index (χ4v) is 2.15. The van der Waals surface area contributed by atoms with Gasteiger partial charge in [-0.1, -0.05) is 6.92 Å². The molecule has 7 nitrogen and oxygen atoms in total. The van der Waals surface area contributed by atoms with Gasteiger partial charge in [0.2, 0.25) is 5.69 Å². The highest BCUT2D eigenvalue weighted by Crippen LogP contribution is 2.26. The molecule has 0 spiro atoms. The van der Waals surface area contributed by atoms with Crippen LogP contribution in [0.3, 0.4) is 0 Å². The lowest BCUT2D eigenvalue weighted by atomic mass is 10.3. The Morgan fingerprint density at radius 1 is 1.60 bits per heavy atom. The summed E-state index contributed by atoms with van der Waals surface area (Å²) in [5, 5.41) is 22.7. The molecule has 1 heterocycles. The van der Waals surface area contributed by atoms with Crippen LogP contribution in [-0.2, 0) is 0 Å². The Labute approximate surface area is 117 Å². The predicted molar refractivity (Wildman–Crippen MR) is 74.4 cm³/mol. The van der Waals surface area contributed by atoms with Gasteiger partial charge in [-0.15, -0.1) is 0 Å². The molecule has 7 heteroatoms. The summed E-state index contributed by atoms with van der Waals surface area (Å²) in [5.74, 6) is 0.499. The first-order valence-electron chi connectivity index (χ1n) is 6.69. The summed E-state index contributed by atoms with van der Waals surface area (Å²) >= 11 is 0. The first-order chi connectivity index (χ1) is 9.65. The third kappa shape index (κ3) is 3.42. The number of rotatable bonds is 7. The summed E-state index contributed by atoms with van der Waals surface area (Å²) in [7, 11) is 0. The standard InChI is InChI=1S/C13H17N5O2/c1-2-17(10-3-4-10)8-7-15-13-6-5-12(18(19)20)11(9-14)16-13/h5-6,10H,2-4,7-8H2,1H3,(H,15,16). The fourth-order valence-electron chi connectivity index (χ4n) is 2.15. The molecule has 1 aromatic rings. The fraction of sp³-hybridized carbons (Fsp3) is 0.538. The lowest BCUT2D eigenvalue weighted by Crippen LogP contribution is -2.31. The molecule has 0 atom stereocenters. The van der Waals surface area contributed by atoms with Gasteiger partial charge in [0.1, 0.15) is 11.9 Å². The second-order valence-corrected chi connectivity index (χ2v) is 4.72. The van der Waals surface area contributed by atoms with Crippen LogP contribution in [0.15, 0.2) is 12.1 Å². The molecule has 0 aromatic carbocycles. The quantitative estimate of drug-likeness (QED) is 0.601. The Balaban J connectivity index is 1.93. The smallest absolute Gasteiger partial charge is 0.305 e. The molecule has 0 bridgehead atoms. The van der Waals surface area contributed by atoms with Gasteiger partial charge in [-0.2, -0.15) is 5.26 Å². The third-order valence-corrected chi connectivity index (χ3v) is 3.35. The van der Waals surface area contributed by atoms with E-state index in [9.17, 15) is 10.1 Å². The summed E-state index contributed by atoms with van der Waals surface area (Å²) < 4.78 is 0. The molecule has 0 amide bonds. The maximum atomic E-state index is 10.7. The molecule has 1 saturated carbocycles. The molecule has 106 valence electrons. The van der Waals surface area contributed by atoms with Crippen molar-refractivity contribution in [3.05, 3.63) is 27.9 Å². The van der Waals surface area contributed by atoms with Gasteiger partial charge in [0.05, 0.1) is 4.92 Å². The number of nitro groups is 1. The van der Waals surface area contributed by atoms with Crippen LogP contribution < -0.4 is 5.32 Å². The molecule has 1 aromatic heterocycles. The molecular formula is C13H17N5O2. The highest BCUT2D eigenvalue weighted by molar-refractivity contribution is 5.50. The Bertz CT molecular complexity index is 536. The van der Waals surface area contributed by atoms with Crippen LogP contribution in [0.5, 0.6) is 0 Å². The second kappa shape index (κ2) is 6.30. The van der Waals surface area contributed by atoms with Gasteiger partial charge < -0.3 is 5.32 Å². The van der Waals surface area contributed by atoms with Crippen LogP contribution in [0.25, 0.3) is 0 Å². The molecule has 0 aliphatic heterocycles. The number of nitrogens with one attached hydrogen (secondary N) is 1. The van der Waals surface area contributed by atoms with E-state index in [4.69, 9.17) is 5.26 Å². The van der Waals surface area contributed by atoms with Gasteiger partial charge >= 0.3 is 5.69 Å². The first kappa shape index (κ1) is 14.2. The summed E-state index contributed by atoms with van der Waals surface area (Å²) in [6.45, 7) is 4.77.